The van der Waals surface area contributed by atoms with E-state index in [1.54, 1.807) is 19.1 Å². The predicted molar refractivity (Wildman–Crippen MR) is 75.0 cm³/mol. The molecule has 0 unspecified atom stereocenters. The van der Waals surface area contributed by atoms with Crippen LogP contribution in [0.5, 0.6) is 0 Å². The number of benzene rings is 1. The lowest BCUT2D eigenvalue weighted by molar-refractivity contribution is 0.558. The number of rotatable bonds is 4. The monoisotopic (exact) mass is 284 g/mol. The van der Waals surface area contributed by atoms with Gasteiger partial charge in [-0.25, -0.2) is 13.1 Å². The van der Waals surface area contributed by atoms with Gasteiger partial charge in [0.05, 0.1) is 4.90 Å². The number of nitrogens with one attached hydrogen (secondary N) is 1. The van der Waals surface area contributed by atoms with Gasteiger partial charge in [-0.15, -0.1) is 0 Å². The minimum absolute atomic E-state index is 0.258. The van der Waals surface area contributed by atoms with Crippen LogP contribution in [0, 0.1) is 6.92 Å². The summed E-state index contributed by atoms with van der Waals surface area (Å²) in [6.45, 7) is 3.70. The van der Waals surface area contributed by atoms with Gasteiger partial charge >= 0.3 is 0 Å². The maximum Gasteiger partial charge on any atom is 0.241 e. The molecule has 0 spiro atoms. The van der Waals surface area contributed by atoms with Crippen molar-refractivity contribution in [3.05, 3.63) is 29.3 Å². The summed E-state index contributed by atoms with van der Waals surface area (Å²) < 4.78 is 27.0. The second-order valence-corrected chi connectivity index (χ2v) is 7.13. The first-order valence-corrected chi connectivity index (χ1v) is 7.57. The molecule has 4 nitrogen and oxygen atoms in total. The van der Waals surface area contributed by atoms with Crippen molar-refractivity contribution in [3.8, 4) is 0 Å². The zero-order valence-corrected chi connectivity index (χ0v) is 12.0. The molecule has 1 fully saturated rings. The first-order valence-electron chi connectivity index (χ1n) is 5.68. The maximum absolute atomic E-state index is 12.1. The molecule has 0 saturated heterocycles. The number of aryl methyl sites for hydroxylation is 1. The van der Waals surface area contributed by atoms with Gasteiger partial charge in [-0.05, 0) is 44.4 Å². The largest absolute Gasteiger partial charge is 0.389 e. The van der Waals surface area contributed by atoms with E-state index in [-0.39, 0.29) is 15.4 Å². The molecule has 0 radical (unpaired) electrons. The van der Waals surface area contributed by atoms with Gasteiger partial charge in [-0.1, -0.05) is 18.3 Å². The Bertz CT molecular complexity index is 605. The molecule has 98 valence electrons. The third-order valence-electron chi connectivity index (χ3n) is 3.15. The van der Waals surface area contributed by atoms with Crippen molar-refractivity contribution in [2.45, 2.75) is 37.1 Å². The number of nitrogens with two attached hydrogens (primary N) is 1. The van der Waals surface area contributed by atoms with Crippen LogP contribution in [0.4, 0.5) is 0 Å². The summed E-state index contributed by atoms with van der Waals surface area (Å²) in [7, 11) is -3.45. The van der Waals surface area contributed by atoms with E-state index < -0.39 is 10.0 Å². The van der Waals surface area contributed by atoms with Crippen LogP contribution < -0.4 is 10.5 Å². The Labute approximate surface area is 113 Å². The molecule has 1 saturated carbocycles. The lowest BCUT2D eigenvalue weighted by Gasteiger charge is -2.13. The van der Waals surface area contributed by atoms with Crippen molar-refractivity contribution >= 4 is 27.2 Å². The average molecular weight is 284 g/mol. The highest BCUT2D eigenvalue weighted by atomic mass is 32.2. The molecule has 0 atom stereocenters. The van der Waals surface area contributed by atoms with E-state index in [0.717, 1.165) is 18.4 Å². The first-order chi connectivity index (χ1) is 8.23. The summed E-state index contributed by atoms with van der Waals surface area (Å²) in [5.74, 6) is 0. The molecular weight excluding hydrogens is 268 g/mol. The Hall–Kier alpha value is -0.980. The Morgan fingerprint density at radius 2 is 2.06 bits per heavy atom. The van der Waals surface area contributed by atoms with Gasteiger partial charge in [-0.3, -0.25) is 0 Å². The van der Waals surface area contributed by atoms with Crippen LogP contribution in [0.3, 0.4) is 0 Å². The quantitative estimate of drug-likeness (QED) is 0.821. The molecule has 2 rings (SSSR count). The van der Waals surface area contributed by atoms with E-state index in [9.17, 15) is 8.42 Å². The van der Waals surface area contributed by atoms with E-state index in [0.29, 0.717) is 5.56 Å². The van der Waals surface area contributed by atoms with Crippen LogP contribution in [0.25, 0.3) is 0 Å². The van der Waals surface area contributed by atoms with E-state index in [1.165, 1.54) is 6.07 Å². The number of thiocarbonyl (C=S) groups is 1. The van der Waals surface area contributed by atoms with Crippen molar-refractivity contribution in [1.82, 2.24) is 4.72 Å². The van der Waals surface area contributed by atoms with Gasteiger partial charge in [-0.2, -0.15) is 0 Å². The molecule has 1 aromatic carbocycles. The second kappa shape index (κ2) is 4.29. The molecule has 6 heteroatoms. The van der Waals surface area contributed by atoms with Crippen molar-refractivity contribution in [2.75, 3.05) is 0 Å². The van der Waals surface area contributed by atoms with Crippen LogP contribution in [0.15, 0.2) is 23.1 Å². The zero-order valence-electron chi connectivity index (χ0n) is 10.4. The third kappa shape index (κ3) is 2.71. The third-order valence-corrected chi connectivity index (χ3v) is 5.01. The van der Waals surface area contributed by atoms with E-state index in [4.69, 9.17) is 18.0 Å². The topological polar surface area (TPSA) is 72.2 Å². The normalized spacial score (nSPS) is 17.4. The molecule has 0 amide bonds. The Morgan fingerprint density at radius 1 is 1.44 bits per heavy atom. The lowest BCUT2D eigenvalue weighted by Crippen LogP contribution is -2.34. The van der Waals surface area contributed by atoms with Crippen LogP contribution in [0.1, 0.15) is 30.9 Å². The summed E-state index contributed by atoms with van der Waals surface area (Å²) in [4.78, 5) is 0.534. The van der Waals surface area contributed by atoms with Crippen LogP contribution >= 0.6 is 12.2 Å². The molecule has 18 heavy (non-hydrogen) atoms. The summed E-state index contributed by atoms with van der Waals surface area (Å²) >= 11 is 4.90. The minimum Gasteiger partial charge on any atom is -0.389 e. The van der Waals surface area contributed by atoms with Gasteiger partial charge in [0.1, 0.15) is 4.99 Å². The SMILES string of the molecule is Cc1cc(S(=O)(=O)NC2(C)CC2)ccc1C(N)=S. The molecule has 1 aliphatic rings. The van der Waals surface area contributed by atoms with Gasteiger partial charge < -0.3 is 5.73 Å². The second-order valence-electron chi connectivity index (χ2n) is 5.01. The van der Waals surface area contributed by atoms with Gasteiger partial charge in [0.25, 0.3) is 0 Å². The minimum atomic E-state index is -3.45. The molecule has 0 bridgehead atoms. The Balaban J connectivity index is 2.34. The van der Waals surface area contributed by atoms with Crippen molar-refractivity contribution in [3.63, 3.8) is 0 Å². The number of sulfonamides is 1. The summed E-state index contributed by atoms with van der Waals surface area (Å²) in [5, 5.41) is 0. The zero-order chi connectivity index (χ0) is 13.6. The first kappa shape index (κ1) is 13.5. The van der Waals surface area contributed by atoms with E-state index in [1.807, 2.05) is 6.92 Å². The molecule has 1 aliphatic carbocycles. The van der Waals surface area contributed by atoms with Crippen LogP contribution in [-0.4, -0.2) is 18.9 Å². The molecule has 0 aromatic heterocycles. The van der Waals surface area contributed by atoms with Gasteiger partial charge in [0, 0.05) is 11.1 Å². The molecule has 1 aromatic rings. The molecular formula is C12H16N2O2S2. The number of hydrogen-bond acceptors (Lipinski definition) is 3. The highest BCUT2D eigenvalue weighted by molar-refractivity contribution is 7.89. The summed E-state index contributed by atoms with van der Waals surface area (Å²) in [6, 6.07) is 4.79. The van der Waals surface area contributed by atoms with Gasteiger partial charge in [0.15, 0.2) is 0 Å². The van der Waals surface area contributed by atoms with Crippen LogP contribution in [-0.2, 0) is 10.0 Å². The summed E-state index contributed by atoms with van der Waals surface area (Å²) in [5.41, 5.74) is 6.76. The van der Waals surface area contributed by atoms with Crippen molar-refractivity contribution in [2.24, 2.45) is 5.73 Å². The lowest BCUT2D eigenvalue weighted by atomic mass is 10.1. The van der Waals surface area contributed by atoms with Gasteiger partial charge in [0.2, 0.25) is 10.0 Å². The fraction of sp³-hybridized carbons (Fsp3) is 0.417. The van der Waals surface area contributed by atoms with E-state index >= 15 is 0 Å². The predicted octanol–water partition coefficient (Wildman–Crippen LogP) is 1.46. The van der Waals surface area contributed by atoms with E-state index in [2.05, 4.69) is 4.72 Å². The average Bonchev–Trinajstić information content (AvgIpc) is 2.94. The highest BCUT2D eigenvalue weighted by Gasteiger charge is 2.41. The molecule has 0 heterocycles. The fourth-order valence-electron chi connectivity index (χ4n) is 1.75. The Kier molecular flexibility index (Phi) is 3.21. The summed E-state index contributed by atoms with van der Waals surface area (Å²) in [6.07, 6.45) is 1.77. The van der Waals surface area contributed by atoms with Crippen LogP contribution in [0.2, 0.25) is 0 Å². The fourth-order valence-corrected chi connectivity index (χ4v) is 3.53. The van der Waals surface area contributed by atoms with Crippen molar-refractivity contribution in [1.29, 1.82) is 0 Å². The van der Waals surface area contributed by atoms with Crippen molar-refractivity contribution < 1.29 is 8.42 Å². The highest BCUT2D eigenvalue weighted by Crippen LogP contribution is 2.36. The Morgan fingerprint density at radius 3 is 2.50 bits per heavy atom. The molecule has 0 aliphatic heterocycles. The maximum atomic E-state index is 12.1. The number of hydrogen-bond donors (Lipinski definition) is 2. The standard InChI is InChI=1S/C12H16N2O2S2/c1-8-7-9(3-4-10(8)11(13)17)18(15,16)14-12(2)5-6-12/h3-4,7,14H,5-6H2,1-2H3,(H2,13,17). The smallest absolute Gasteiger partial charge is 0.241 e. The molecule has 3 N–H and O–H groups in total.